The highest BCUT2D eigenvalue weighted by Crippen LogP contribution is 2.51. The number of hydrogen-bond donors (Lipinski definition) is 2. The molecule has 2 aliphatic heterocycles. The Morgan fingerprint density at radius 3 is 2.58 bits per heavy atom. The molecule has 204 valence electrons. The summed E-state index contributed by atoms with van der Waals surface area (Å²) in [5, 5.41) is 14.4. The number of fused-ring (bicyclic) bond motifs is 1. The predicted octanol–water partition coefficient (Wildman–Crippen LogP) is 4.74. The summed E-state index contributed by atoms with van der Waals surface area (Å²) in [6, 6.07) is 16.9. The number of alkyl halides is 2. The van der Waals surface area contributed by atoms with Gasteiger partial charge in [0.25, 0.3) is 17.7 Å². The number of carbonyl (C=O) groups is 2. The van der Waals surface area contributed by atoms with Gasteiger partial charge < -0.3 is 15.4 Å². The van der Waals surface area contributed by atoms with E-state index < -0.39 is 41.1 Å². The molecule has 3 aromatic rings. The number of benzene rings is 2. The third-order valence-corrected chi connectivity index (χ3v) is 7.73. The maximum Gasteiger partial charge on any atom is 0.274 e. The SMILES string of the molecule is CC(F)(F)C1OC[C@]2(c3cc(NC(=O)c4ccc(C#N)cn4)ccc3F)N=C(NC(=O)c3ccccc3)SC[C@H]12. The van der Waals surface area contributed by atoms with Crippen LogP contribution in [-0.4, -0.2) is 46.4 Å². The lowest BCUT2D eigenvalue weighted by Gasteiger charge is -2.37. The molecule has 0 radical (unpaired) electrons. The van der Waals surface area contributed by atoms with Crippen LogP contribution in [0.2, 0.25) is 0 Å². The zero-order chi connectivity index (χ0) is 28.5. The molecule has 5 rings (SSSR count). The normalized spacial score (nSPS) is 22.0. The molecule has 1 fully saturated rings. The van der Waals surface area contributed by atoms with Gasteiger partial charge in [0.05, 0.1) is 12.2 Å². The summed E-state index contributed by atoms with van der Waals surface area (Å²) in [5.41, 5.74) is -0.801. The minimum Gasteiger partial charge on any atom is -0.369 e. The van der Waals surface area contributed by atoms with Crippen molar-refractivity contribution in [2.75, 3.05) is 17.7 Å². The number of amidine groups is 1. The number of rotatable bonds is 5. The largest absolute Gasteiger partial charge is 0.369 e. The van der Waals surface area contributed by atoms with Crippen molar-refractivity contribution in [3.8, 4) is 6.07 Å². The van der Waals surface area contributed by atoms with Crippen LogP contribution in [0.15, 0.2) is 71.9 Å². The molecule has 1 saturated heterocycles. The molecule has 0 aliphatic carbocycles. The van der Waals surface area contributed by atoms with Crippen molar-refractivity contribution >= 4 is 34.4 Å². The Morgan fingerprint density at radius 2 is 1.90 bits per heavy atom. The van der Waals surface area contributed by atoms with Crippen molar-refractivity contribution in [1.82, 2.24) is 10.3 Å². The average molecular weight is 566 g/mol. The molecule has 0 saturated carbocycles. The fourth-order valence-electron chi connectivity index (χ4n) is 4.80. The number of pyridine rings is 1. The molecule has 3 heterocycles. The number of ether oxygens (including phenoxy) is 1. The molecule has 1 aromatic heterocycles. The molecule has 2 amide bonds. The third-order valence-electron chi connectivity index (χ3n) is 6.73. The van der Waals surface area contributed by atoms with E-state index in [-0.39, 0.29) is 40.0 Å². The van der Waals surface area contributed by atoms with Crippen LogP contribution in [0.3, 0.4) is 0 Å². The second-order valence-electron chi connectivity index (χ2n) is 9.46. The quantitative estimate of drug-likeness (QED) is 0.462. The van der Waals surface area contributed by atoms with Crippen molar-refractivity contribution < 1.29 is 27.5 Å². The van der Waals surface area contributed by atoms with Crippen LogP contribution in [0, 0.1) is 23.1 Å². The summed E-state index contributed by atoms with van der Waals surface area (Å²) >= 11 is 1.08. The zero-order valence-corrected chi connectivity index (χ0v) is 21.8. The number of carbonyl (C=O) groups excluding carboxylic acids is 2. The maximum atomic E-state index is 15.4. The molecule has 3 atom stereocenters. The fourth-order valence-corrected chi connectivity index (χ4v) is 5.98. The van der Waals surface area contributed by atoms with Gasteiger partial charge in [-0.15, -0.1) is 0 Å². The van der Waals surface area contributed by atoms with Crippen LogP contribution in [0.25, 0.3) is 0 Å². The van der Waals surface area contributed by atoms with E-state index in [9.17, 15) is 18.4 Å². The summed E-state index contributed by atoms with van der Waals surface area (Å²) in [4.78, 5) is 34.1. The molecule has 2 N–H and O–H groups in total. The Hall–Kier alpha value is -4.21. The van der Waals surface area contributed by atoms with Gasteiger partial charge >= 0.3 is 0 Å². The van der Waals surface area contributed by atoms with Crippen molar-refractivity contribution in [2.24, 2.45) is 10.9 Å². The first-order chi connectivity index (χ1) is 19.1. The number of halogens is 3. The molecular weight excluding hydrogens is 543 g/mol. The summed E-state index contributed by atoms with van der Waals surface area (Å²) in [6.07, 6.45) is -0.301. The number of anilines is 1. The molecule has 12 heteroatoms. The second-order valence-corrected chi connectivity index (χ2v) is 10.5. The molecule has 8 nitrogen and oxygen atoms in total. The van der Waals surface area contributed by atoms with Crippen molar-refractivity contribution in [2.45, 2.75) is 24.5 Å². The Kier molecular flexibility index (Phi) is 7.35. The first-order valence-electron chi connectivity index (χ1n) is 12.2. The summed E-state index contributed by atoms with van der Waals surface area (Å²) < 4.78 is 50.2. The molecule has 40 heavy (non-hydrogen) atoms. The van der Waals surface area contributed by atoms with E-state index in [1.807, 2.05) is 6.07 Å². The second kappa shape index (κ2) is 10.7. The number of aromatic nitrogens is 1. The van der Waals surface area contributed by atoms with Gasteiger partial charge in [-0.1, -0.05) is 30.0 Å². The van der Waals surface area contributed by atoms with Gasteiger partial charge in [0.15, 0.2) is 5.17 Å². The van der Waals surface area contributed by atoms with E-state index in [1.54, 1.807) is 30.3 Å². The molecule has 2 aliphatic rings. The average Bonchev–Trinajstić information content (AvgIpc) is 3.35. The Morgan fingerprint density at radius 1 is 1.12 bits per heavy atom. The van der Waals surface area contributed by atoms with E-state index in [1.165, 1.54) is 30.5 Å². The minimum absolute atomic E-state index is 0.0220. The number of thioether (sulfide) groups is 1. The van der Waals surface area contributed by atoms with E-state index in [2.05, 4.69) is 20.6 Å². The summed E-state index contributed by atoms with van der Waals surface area (Å²) in [7, 11) is 0. The number of aliphatic imine (C=N–C) groups is 1. The maximum absolute atomic E-state index is 15.4. The van der Waals surface area contributed by atoms with Gasteiger partial charge in [-0.25, -0.2) is 23.1 Å². The lowest BCUT2D eigenvalue weighted by molar-refractivity contribution is -0.113. The highest BCUT2D eigenvalue weighted by molar-refractivity contribution is 8.13. The van der Waals surface area contributed by atoms with Crippen LogP contribution in [0.4, 0.5) is 18.9 Å². The fraction of sp³-hybridized carbons (Fsp3) is 0.250. The number of nitrogens with one attached hydrogen (secondary N) is 2. The van der Waals surface area contributed by atoms with Gasteiger partial charge in [0.2, 0.25) is 0 Å². The zero-order valence-electron chi connectivity index (χ0n) is 21.0. The molecule has 0 spiro atoms. The minimum atomic E-state index is -3.24. The van der Waals surface area contributed by atoms with Gasteiger partial charge in [0.1, 0.15) is 29.2 Å². The topological polar surface area (TPSA) is 116 Å². The van der Waals surface area contributed by atoms with E-state index in [0.29, 0.717) is 5.56 Å². The van der Waals surface area contributed by atoms with Crippen LogP contribution < -0.4 is 10.6 Å². The molecule has 0 bridgehead atoms. The number of hydrogen-bond acceptors (Lipinski definition) is 7. The number of nitriles is 1. The van der Waals surface area contributed by atoms with Crippen LogP contribution in [0.1, 0.15) is 38.9 Å². The van der Waals surface area contributed by atoms with Crippen molar-refractivity contribution in [3.05, 3.63) is 95.1 Å². The summed E-state index contributed by atoms with van der Waals surface area (Å²) in [5.74, 6) is -5.89. The van der Waals surface area contributed by atoms with Crippen LogP contribution >= 0.6 is 11.8 Å². The van der Waals surface area contributed by atoms with E-state index in [4.69, 9.17) is 10.00 Å². The van der Waals surface area contributed by atoms with E-state index in [0.717, 1.165) is 24.8 Å². The Labute approximate surface area is 231 Å². The lowest BCUT2D eigenvalue weighted by Crippen LogP contribution is -2.47. The molecular formula is C28H22F3N5O3S. The molecule has 1 unspecified atom stereocenters. The summed E-state index contributed by atoms with van der Waals surface area (Å²) in [6.45, 7) is 0.384. The monoisotopic (exact) mass is 565 g/mol. The Balaban J connectivity index is 1.51. The Bertz CT molecular complexity index is 1520. The smallest absolute Gasteiger partial charge is 0.274 e. The van der Waals surface area contributed by atoms with Crippen LogP contribution in [-0.2, 0) is 10.3 Å². The van der Waals surface area contributed by atoms with Crippen molar-refractivity contribution in [1.29, 1.82) is 5.26 Å². The first-order valence-corrected chi connectivity index (χ1v) is 13.2. The predicted molar refractivity (Wildman–Crippen MR) is 143 cm³/mol. The van der Waals surface area contributed by atoms with Crippen molar-refractivity contribution in [3.63, 3.8) is 0 Å². The van der Waals surface area contributed by atoms with Crippen LogP contribution in [0.5, 0.6) is 0 Å². The highest BCUT2D eigenvalue weighted by atomic mass is 32.2. The van der Waals surface area contributed by atoms with Gasteiger partial charge in [-0.2, -0.15) is 5.26 Å². The first kappa shape index (κ1) is 27.4. The van der Waals surface area contributed by atoms with Gasteiger partial charge in [0, 0.05) is 41.6 Å². The van der Waals surface area contributed by atoms with E-state index >= 15 is 4.39 Å². The number of amides is 2. The molecule has 2 aromatic carbocycles. The van der Waals surface area contributed by atoms with Gasteiger partial charge in [-0.3, -0.25) is 9.59 Å². The lowest BCUT2D eigenvalue weighted by atomic mass is 9.77. The number of nitrogens with zero attached hydrogens (tertiary/aromatic N) is 3. The van der Waals surface area contributed by atoms with Gasteiger partial charge in [-0.05, 0) is 42.5 Å². The highest BCUT2D eigenvalue weighted by Gasteiger charge is 2.60. The standard InChI is InChI=1S/C28H22F3N5O3S/c1-27(30,31)23-20-14-40-26(35-24(37)17-5-3-2-4-6-17)36-28(20,15-39-23)19-11-18(8-9-21(19)29)34-25(38)22-10-7-16(12-32)13-33-22/h2-11,13,20,23H,14-15H2,1H3,(H,34,38)(H,35,36,37)/t20-,23?,28-/m1/s1. The third kappa shape index (κ3) is 5.30.